The molecule has 5 aliphatic carbocycles. The van der Waals surface area contributed by atoms with Crippen LogP contribution in [-0.4, -0.2) is 16.7 Å². The molecule has 0 aromatic rings. The summed E-state index contributed by atoms with van der Waals surface area (Å²) in [6.45, 7) is 19.1. The van der Waals surface area contributed by atoms with Gasteiger partial charge in [0.15, 0.2) is 0 Å². The maximum Gasteiger partial charge on any atom is 0.106 e. The third-order valence-corrected chi connectivity index (χ3v) is 13.2. The molecule has 180 valence electrons. The van der Waals surface area contributed by atoms with Crippen LogP contribution < -0.4 is 0 Å². The van der Waals surface area contributed by atoms with E-state index in [1.807, 2.05) is 0 Å². The normalized spacial score (nSPS) is 56.3. The first-order valence-electron chi connectivity index (χ1n) is 13.6. The Morgan fingerprint density at radius 1 is 0.844 bits per heavy atom. The van der Waals surface area contributed by atoms with Crippen molar-refractivity contribution >= 4 is 0 Å². The van der Waals surface area contributed by atoms with E-state index >= 15 is 0 Å². The fraction of sp³-hybridized carbons (Fsp3) is 0.931. The molecule has 0 heterocycles. The maximum absolute atomic E-state index is 12.3. The number of nitroso groups, excluding NO2 is 1. The quantitative estimate of drug-likeness (QED) is 0.356. The molecule has 1 N–H and O–H groups in total. The highest BCUT2D eigenvalue weighted by Gasteiger charge is 2.71. The number of allylic oxidation sites excluding steroid dienone is 1. The van der Waals surface area contributed by atoms with Gasteiger partial charge in [-0.25, -0.2) is 0 Å². The molecule has 10 atom stereocenters. The van der Waals surface area contributed by atoms with Gasteiger partial charge < -0.3 is 5.11 Å². The lowest BCUT2D eigenvalue weighted by Crippen LogP contribution is -2.67. The molecule has 3 nitrogen and oxygen atoms in total. The highest BCUT2D eigenvalue weighted by atomic mass is 16.3. The summed E-state index contributed by atoms with van der Waals surface area (Å²) >= 11 is 0. The molecular formula is C29H47NO2. The van der Waals surface area contributed by atoms with Gasteiger partial charge in [0.1, 0.15) is 5.54 Å². The number of aliphatic hydroxyl groups is 1. The molecule has 0 spiro atoms. The molecule has 0 bridgehead atoms. The largest absolute Gasteiger partial charge is 0.393 e. The van der Waals surface area contributed by atoms with Gasteiger partial charge in [-0.05, 0) is 122 Å². The van der Waals surface area contributed by atoms with Crippen molar-refractivity contribution in [3.8, 4) is 0 Å². The van der Waals surface area contributed by atoms with Gasteiger partial charge in [-0.2, -0.15) is 4.91 Å². The Labute approximate surface area is 196 Å². The topological polar surface area (TPSA) is 49.7 Å². The van der Waals surface area contributed by atoms with Crippen LogP contribution >= 0.6 is 0 Å². The molecule has 5 fully saturated rings. The second-order valence-corrected chi connectivity index (χ2v) is 14.3. The summed E-state index contributed by atoms with van der Waals surface area (Å²) in [6.07, 6.45) is 11.2. The molecule has 5 saturated carbocycles. The third kappa shape index (κ3) is 2.58. The molecule has 32 heavy (non-hydrogen) atoms. The van der Waals surface area contributed by atoms with Gasteiger partial charge in [0.25, 0.3) is 0 Å². The van der Waals surface area contributed by atoms with Crippen LogP contribution in [0.5, 0.6) is 0 Å². The van der Waals surface area contributed by atoms with Crippen molar-refractivity contribution in [2.45, 2.75) is 117 Å². The van der Waals surface area contributed by atoms with E-state index in [1.165, 1.54) is 37.7 Å². The average Bonchev–Trinajstić information content (AvgIpc) is 3.12. The standard InChI is InChI=1S/C29H47NO2/c1-18(2)19-10-15-29(30-32)17-16-27(6)20(24(19)29)8-9-22-26(5)13-12-23(31)25(3,4)21(26)11-14-28(22,27)7/h19-24,31H,1,8-17H2,2-7H3/t19-,20+,21-,22+,23-,24+,26-,27+,28+,29-/m0/s1. The predicted octanol–water partition coefficient (Wildman–Crippen LogP) is 7.52. The van der Waals surface area contributed by atoms with Crippen molar-refractivity contribution in [3.05, 3.63) is 17.1 Å². The molecule has 0 unspecified atom stereocenters. The van der Waals surface area contributed by atoms with E-state index in [-0.39, 0.29) is 22.5 Å². The molecule has 5 aliphatic rings. The summed E-state index contributed by atoms with van der Waals surface area (Å²) in [7, 11) is 0. The highest BCUT2D eigenvalue weighted by Crippen LogP contribution is 2.76. The summed E-state index contributed by atoms with van der Waals surface area (Å²) in [6, 6.07) is 0. The predicted molar refractivity (Wildman–Crippen MR) is 131 cm³/mol. The maximum atomic E-state index is 12.3. The minimum Gasteiger partial charge on any atom is -0.393 e. The van der Waals surface area contributed by atoms with E-state index < -0.39 is 0 Å². The van der Waals surface area contributed by atoms with E-state index in [9.17, 15) is 10.0 Å². The van der Waals surface area contributed by atoms with Crippen molar-refractivity contribution in [2.24, 2.45) is 56.4 Å². The number of aliphatic hydroxyl groups excluding tert-OH is 1. The van der Waals surface area contributed by atoms with E-state index in [0.29, 0.717) is 40.4 Å². The molecule has 3 heteroatoms. The lowest BCUT2D eigenvalue weighted by molar-refractivity contribution is -0.242. The van der Waals surface area contributed by atoms with Crippen molar-refractivity contribution in [3.63, 3.8) is 0 Å². The van der Waals surface area contributed by atoms with Crippen molar-refractivity contribution in [2.75, 3.05) is 0 Å². The van der Waals surface area contributed by atoms with Crippen LogP contribution in [-0.2, 0) is 0 Å². The van der Waals surface area contributed by atoms with Crippen LogP contribution in [0.25, 0.3) is 0 Å². The first kappa shape index (κ1) is 23.1. The number of fused-ring (bicyclic) bond motifs is 7. The summed E-state index contributed by atoms with van der Waals surface area (Å²) in [5.41, 5.74) is 1.82. The summed E-state index contributed by atoms with van der Waals surface area (Å²) in [5.74, 6) is 2.76. The number of rotatable bonds is 2. The molecule has 0 saturated heterocycles. The Balaban J connectivity index is 1.56. The Kier molecular flexibility index (Phi) is 4.99. The highest BCUT2D eigenvalue weighted by molar-refractivity contribution is 5.23. The first-order chi connectivity index (χ1) is 14.9. The molecular weight excluding hydrogens is 394 g/mol. The van der Waals surface area contributed by atoms with Crippen LogP contribution in [0.15, 0.2) is 17.3 Å². The van der Waals surface area contributed by atoms with E-state index in [4.69, 9.17) is 0 Å². The molecule has 0 aromatic carbocycles. The first-order valence-corrected chi connectivity index (χ1v) is 13.6. The molecule has 0 amide bonds. The minimum absolute atomic E-state index is 0.00569. The lowest BCUT2D eigenvalue weighted by atomic mass is 9.32. The average molecular weight is 442 g/mol. The smallest absolute Gasteiger partial charge is 0.106 e. The summed E-state index contributed by atoms with van der Waals surface area (Å²) in [5, 5.41) is 14.8. The minimum atomic E-state index is -0.338. The molecule has 0 aromatic heterocycles. The van der Waals surface area contributed by atoms with Crippen LogP contribution in [0, 0.1) is 56.2 Å². The molecule has 5 rings (SSSR count). The van der Waals surface area contributed by atoms with Crippen molar-refractivity contribution in [1.29, 1.82) is 0 Å². The van der Waals surface area contributed by atoms with Crippen molar-refractivity contribution in [1.82, 2.24) is 0 Å². The monoisotopic (exact) mass is 441 g/mol. The molecule has 0 aliphatic heterocycles. The Bertz CT molecular complexity index is 820. The van der Waals surface area contributed by atoms with Crippen LogP contribution in [0.1, 0.15) is 106 Å². The molecule has 0 radical (unpaired) electrons. The second kappa shape index (κ2) is 6.92. The van der Waals surface area contributed by atoms with Crippen molar-refractivity contribution < 1.29 is 5.11 Å². The van der Waals surface area contributed by atoms with Crippen LogP contribution in [0.3, 0.4) is 0 Å². The fourth-order valence-electron chi connectivity index (χ4n) is 11.3. The van der Waals surface area contributed by atoms with Gasteiger partial charge in [-0.3, -0.25) is 0 Å². The number of hydrogen-bond donors (Lipinski definition) is 1. The zero-order chi connectivity index (χ0) is 23.3. The van der Waals surface area contributed by atoms with Gasteiger partial charge in [0.05, 0.1) is 6.10 Å². The van der Waals surface area contributed by atoms with E-state index in [0.717, 1.165) is 32.1 Å². The Hall–Kier alpha value is -0.700. The van der Waals surface area contributed by atoms with Gasteiger partial charge in [0, 0.05) is 0 Å². The van der Waals surface area contributed by atoms with Gasteiger partial charge in [-0.1, -0.05) is 51.9 Å². The Morgan fingerprint density at radius 3 is 2.22 bits per heavy atom. The number of nitrogens with zero attached hydrogens (tertiary/aromatic N) is 1. The van der Waals surface area contributed by atoms with E-state index in [2.05, 4.69) is 53.3 Å². The van der Waals surface area contributed by atoms with E-state index in [1.54, 1.807) is 0 Å². The summed E-state index contributed by atoms with van der Waals surface area (Å²) < 4.78 is 0. The third-order valence-electron chi connectivity index (χ3n) is 13.2. The van der Waals surface area contributed by atoms with Crippen LogP contribution in [0.2, 0.25) is 0 Å². The lowest BCUT2D eigenvalue weighted by Gasteiger charge is -2.72. The Morgan fingerprint density at radius 2 is 1.56 bits per heavy atom. The zero-order valence-electron chi connectivity index (χ0n) is 21.5. The van der Waals surface area contributed by atoms with Gasteiger partial charge in [0.2, 0.25) is 0 Å². The zero-order valence-corrected chi connectivity index (χ0v) is 21.5. The van der Waals surface area contributed by atoms with Crippen LogP contribution in [0.4, 0.5) is 0 Å². The van der Waals surface area contributed by atoms with Gasteiger partial charge >= 0.3 is 0 Å². The SMILES string of the molecule is C=C(C)[C@@H]1CC[C@]2(N=O)CC[C@]3(C)[C@H](CC[C@@H]4[C@@]5(C)CC[C@H](O)C(C)(C)[C@@H]5CC[C@]43C)[C@@H]12. The number of hydrogen-bond acceptors (Lipinski definition) is 3. The second-order valence-electron chi connectivity index (χ2n) is 14.3. The fourth-order valence-corrected chi connectivity index (χ4v) is 11.3. The summed E-state index contributed by atoms with van der Waals surface area (Å²) in [4.78, 5) is 12.3. The van der Waals surface area contributed by atoms with Gasteiger partial charge in [-0.15, -0.1) is 0 Å².